The molecule has 1 atom stereocenters. The van der Waals surface area contributed by atoms with Crippen LogP contribution in [-0.4, -0.2) is 17.2 Å². The minimum absolute atomic E-state index is 0.0128. The molecule has 0 saturated heterocycles. The average molecular weight is 290 g/mol. The minimum Gasteiger partial charge on any atom is -0.489 e. The van der Waals surface area contributed by atoms with Crippen LogP contribution in [0.15, 0.2) is 47.4 Å². The standard InChI is InChI=1S/C16H19FN2O2/c1-12(18)10-13-5-6-15(14(17)11-13)21-9-8-19-7-3-2-4-16(19)20/h2-7,11-12H,8-10,18H2,1H3. The second kappa shape index (κ2) is 7.04. The maximum atomic E-state index is 13.9. The van der Waals surface area contributed by atoms with E-state index >= 15 is 0 Å². The highest BCUT2D eigenvalue weighted by Gasteiger charge is 2.06. The SMILES string of the molecule is CC(N)Cc1ccc(OCCn2ccccc2=O)c(F)c1. The summed E-state index contributed by atoms with van der Waals surface area (Å²) in [5, 5.41) is 0. The van der Waals surface area contributed by atoms with Gasteiger partial charge < -0.3 is 15.0 Å². The molecule has 0 radical (unpaired) electrons. The third kappa shape index (κ3) is 4.43. The van der Waals surface area contributed by atoms with E-state index in [9.17, 15) is 9.18 Å². The van der Waals surface area contributed by atoms with Gasteiger partial charge in [0.05, 0.1) is 6.54 Å². The maximum Gasteiger partial charge on any atom is 0.250 e. The molecule has 0 amide bonds. The fourth-order valence-corrected chi connectivity index (χ4v) is 2.06. The summed E-state index contributed by atoms with van der Waals surface area (Å²) in [6.45, 7) is 2.48. The topological polar surface area (TPSA) is 57.2 Å². The van der Waals surface area contributed by atoms with Crippen LogP contribution < -0.4 is 16.0 Å². The lowest BCUT2D eigenvalue weighted by molar-refractivity contribution is 0.282. The van der Waals surface area contributed by atoms with Crippen molar-refractivity contribution < 1.29 is 9.13 Å². The van der Waals surface area contributed by atoms with Crippen LogP contribution in [0.4, 0.5) is 4.39 Å². The number of hydrogen-bond acceptors (Lipinski definition) is 3. The van der Waals surface area contributed by atoms with Gasteiger partial charge >= 0.3 is 0 Å². The molecule has 1 unspecified atom stereocenters. The van der Waals surface area contributed by atoms with Gasteiger partial charge in [-0.3, -0.25) is 4.79 Å². The van der Waals surface area contributed by atoms with E-state index in [1.165, 1.54) is 16.7 Å². The summed E-state index contributed by atoms with van der Waals surface area (Å²) in [6, 6.07) is 9.75. The fourth-order valence-electron chi connectivity index (χ4n) is 2.06. The van der Waals surface area contributed by atoms with Crippen LogP contribution in [0, 0.1) is 5.82 Å². The summed E-state index contributed by atoms with van der Waals surface area (Å²) < 4.78 is 20.8. The summed E-state index contributed by atoms with van der Waals surface area (Å²) in [6.07, 6.45) is 2.30. The predicted molar refractivity (Wildman–Crippen MR) is 80.0 cm³/mol. The van der Waals surface area contributed by atoms with Gasteiger partial charge in [0, 0.05) is 18.3 Å². The molecular weight excluding hydrogens is 271 g/mol. The van der Waals surface area contributed by atoms with Crippen molar-refractivity contribution in [2.75, 3.05) is 6.61 Å². The van der Waals surface area contributed by atoms with Gasteiger partial charge in [0.15, 0.2) is 11.6 Å². The third-order valence-electron chi connectivity index (χ3n) is 3.04. The fraction of sp³-hybridized carbons (Fsp3) is 0.312. The number of hydrogen-bond donors (Lipinski definition) is 1. The summed E-state index contributed by atoms with van der Waals surface area (Å²) in [7, 11) is 0. The molecule has 2 rings (SSSR count). The van der Waals surface area contributed by atoms with Crippen molar-refractivity contribution in [1.82, 2.24) is 4.57 Å². The normalized spacial score (nSPS) is 12.1. The highest BCUT2D eigenvalue weighted by molar-refractivity contribution is 5.29. The van der Waals surface area contributed by atoms with Crippen LogP contribution in [0.25, 0.3) is 0 Å². The van der Waals surface area contributed by atoms with E-state index in [4.69, 9.17) is 10.5 Å². The van der Waals surface area contributed by atoms with Crippen molar-refractivity contribution in [2.45, 2.75) is 25.9 Å². The summed E-state index contributed by atoms with van der Waals surface area (Å²) in [5.41, 5.74) is 6.42. The highest BCUT2D eigenvalue weighted by atomic mass is 19.1. The van der Waals surface area contributed by atoms with Crippen molar-refractivity contribution in [1.29, 1.82) is 0 Å². The molecule has 0 aliphatic carbocycles. The zero-order chi connectivity index (χ0) is 15.2. The number of rotatable bonds is 6. The molecule has 0 fully saturated rings. The van der Waals surface area contributed by atoms with Gasteiger partial charge in [-0.1, -0.05) is 12.1 Å². The van der Waals surface area contributed by atoms with Gasteiger partial charge in [0.1, 0.15) is 6.61 Å². The Hall–Kier alpha value is -2.14. The molecule has 0 aliphatic rings. The number of nitrogens with two attached hydrogens (primary N) is 1. The van der Waals surface area contributed by atoms with Crippen molar-refractivity contribution in [3.8, 4) is 5.75 Å². The van der Waals surface area contributed by atoms with E-state index in [2.05, 4.69) is 0 Å². The van der Waals surface area contributed by atoms with Gasteiger partial charge in [-0.05, 0) is 37.1 Å². The molecule has 2 aromatic rings. The Labute approximate surface area is 123 Å². The summed E-state index contributed by atoms with van der Waals surface area (Å²) in [4.78, 5) is 11.5. The van der Waals surface area contributed by atoms with Crippen LogP contribution in [0.1, 0.15) is 12.5 Å². The second-order valence-corrected chi connectivity index (χ2v) is 5.03. The van der Waals surface area contributed by atoms with Crippen LogP contribution in [0.2, 0.25) is 0 Å². The number of nitrogens with zero attached hydrogens (tertiary/aromatic N) is 1. The zero-order valence-corrected chi connectivity index (χ0v) is 12.0. The second-order valence-electron chi connectivity index (χ2n) is 5.03. The molecule has 112 valence electrons. The molecule has 5 heteroatoms. The quantitative estimate of drug-likeness (QED) is 0.884. The van der Waals surface area contributed by atoms with Crippen LogP contribution in [0.3, 0.4) is 0 Å². The van der Waals surface area contributed by atoms with Crippen LogP contribution in [-0.2, 0) is 13.0 Å². The largest absolute Gasteiger partial charge is 0.489 e. The van der Waals surface area contributed by atoms with Crippen molar-refractivity contribution >= 4 is 0 Å². The van der Waals surface area contributed by atoms with Crippen LogP contribution in [0.5, 0.6) is 5.75 Å². The molecule has 1 heterocycles. The van der Waals surface area contributed by atoms with Gasteiger partial charge in [0.25, 0.3) is 5.56 Å². The lowest BCUT2D eigenvalue weighted by Crippen LogP contribution is -2.21. The molecule has 4 nitrogen and oxygen atoms in total. The number of halogens is 1. The highest BCUT2D eigenvalue weighted by Crippen LogP contribution is 2.19. The van der Waals surface area contributed by atoms with Crippen LogP contribution >= 0.6 is 0 Å². The lowest BCUT2D eigenvalue weighted by Gasteiger charge is -2.10. The summed E-state index contributed by atoms with van der Waals surface area (Å²) >= 11 is 0. The van der Waals surface area contributed by atoms with Gasteiger partial charge in [-0.15, -0.1) is 0 Å². The van der Waals surface area contributed by atoms with Gasteiger partial charge in [0.2, 0.25) is 0 Å². The van der Waals surface area contributed by atoms with Crippen molar-refractivity contribution in [2.24, 2.45) is 5.73 Å². The molecule has 1 aromatic carbocycles. The average Bonchev–Trinajstić information content (AvgIpc) is 2.42. The summed E-state index contributed by atoms with van der Waals surface area (Å²) in [5.74, 6) is -0.221. The van der Waals surface area contributed by atoms with E-state index in [-0.39, 0.29) is 24.0 Å². The monoisotopic (exact) mass is 290 g/mol. The van der Waals surface area contributed by atoms with Gasteiger partial charge in [-0.2, -0.15) is 0 Å². The van der Waals surface area contributed by atoms with Crippen molar-refractivity contribution in [3.05, 3.63) is 64.3 Å². The molecule has 21 heavy (non-hydrogen) atoms. The number of benzene rings is 1. The Morgan fingerprint density at radius 2 is 2.14 bits per heavy atom. The first-order chi connectivity index (χ1) is 10.1. The Morgan fingerprint density at radius 1 is 1.33 bits per heavy atom. The smallest absolute Gasteiger partial charge is 0.250 e. The number of pyridine rings is 1. The Kier molecular flexibility index (Phi) is 5.11. The van der Waals surface area contributed by atoms with Gasteiger partial charge in [-0.25, -0.2) is 4.39 Å². The Morgan fingerprint density at radius 3 is 2.81 bits per heavy atom. The molecule has 0 saturated carbocycles. The van der Waals surface area contributed by atoms with Crippen molar-refractivity contribution in [3.63, 3.8) is 0 Å². The Balaban J connectivity index is 1.94. The molecule has 0 bridgehead atoms. The first-order valence-corrected chi connectivity index (χ1v) is 6.88. The van der Waals surface area contributed by atoms with E-state index in [0.29, 0.717) is 13.0 Å². The Bertz CT molecular complexity index is 653. The van der Waals surface area contributed by atoms with E-state index in [1.54, 1.807) is 30.5 Å². The minimum atomic E-state index is -0.409. The van der Waals surface area contributed by atoms with E-state index in [0.717, 1.165) is 5.56 Å². The first-order valence-electron chi connectivity index (χ1n) is 6.88. The van der Waals surface area contributed by atoms with E-state index in [1.807, 2.05) is 6.92 Å². The molecule has 2 N–H and O–H groups in total. The molecule has 1 aromatic heterocycles. The number of aromatic nitrogens is 1. The lowest BCUT2D eigenvalue weighted by atomic mass is 10.1. The molecule has 0 spiro atoms. The molecule has 0 aliphatic heterocycles. The maximum absolute atomic E-state index is 13.9. The number of ether oxygens (including phenoxy) is 1. The zero-order valence-electron chi connectivity index (χ0n) is 12.0. The first kappa shape index (κ1) is 15.3. The predicted octanol–water partition coefficient (Wildman–Crippen LogP) is 1.96. The van der Waals surface area contributed by atoms with E-state index < -0.39 is 5.82 Å². The third-order valence-corrected chi connectivity index (χ3v) is 3.04. The molecular formula is C16H19FN2O2.